The van der Waals surface area contributed by atoms with Gasteiger partial charge >= 0.3 is 5.97 Å². The van der Waals surface area contributed by atoms with Crippen molar-refractivity contribution in [3.05, 3.63) is 95.0 Å². The Balaban J connectivity index is 1.54. The average Bonchev–Trinajstić information content (AvgIpc) is 2.83. The Morgan fingerprint density at radius 1 is 0.794 bits per heavy atom. The predicted molar refractivity (Wildman–Crippen MR) is 129 cm³/mol. The van der Waals surface area contributed by atoms with E-state index in [-0.39, 0.29) is 21.8 Å². The zero-order chi connectivity index (χ0) is 24.5. The summed E-state index contributed by atoms with van der Waals surface area (Å²) in [4.78, 5) is 49.4. The van der Waals surface area contributed by atoms with Crippen LogP contribution in [-0.4, -0.2) is 36.3 Å². The van der Waals surface area contributed by atoms with Gasteiger partial charge in [-0.1, -0.05) is 54.1 Å². The molecule has 0 fully saturated rings. The van der Waals surface area contributed by atoms with Crippen LogP contribution < -0.4 is 16.0 Å². The first-order valence-corrected chi connectivity index (χ1v) is 10.7. The second-order valence-corrected chi connectivity index (χ2v) is 7.60. The standard InChI is InChI=1S/C25H22ClN3O5/c1-16(27-23(31)18-11-5-7-13-20(18)26)25(33)34-15-22(30)29-21-14-8-6-12-19(21)24(32)28-17-9-3-2-4-10-17/h2-14,16H,15H2,1H3,(H,27,31)(H,28,32)(H,29,30)/t16-/m1/s1. The van der Waals surface area contributed by atoms with Gasteiger partial charge in [-0.3, -0.25) is 14.4 Å². The average molecular weight is 480 g/mol. The number of nitrogens with one attached hydrogen (secondary N) is 3. The van der Waals surface area contributed by atoms with Crippen molar-refractivity contribution in [1.29, 1.82) is 0 Å². The SMILES string of the molecule is C[C@@H](NC(=O)c1ccccc1Cl)C(=O)OCC(=O)Nc1ccccc1C(=O)Nc1ccccc1. The molecule has 0 aliphatic rings. The van der Waals surface area contributed by atoms with E-state index in [2.05, 4.69) is 16.0 Å². The van der Waals surface area contributed by atoms with Crippen LogP contribution in [0.25, 0.3) is 0 Å². The molecule has 3 aromatic rings. The lowest BCUT2D eigenvalue weighted by molar-refractivity contribution is -0.148. The van der Waals surface area contributed by atoms with Crippen molar-refractivity contribution in [3.8, 4) is 0 Å². The molecule has 0 spiro atoms. The summed E-state index contributed by atoms with van der Waals surface area (Å²) in [6.45, 7) is 0.831. The van der Waals surface area contributed by atoms with Gasteiger partial charge in [-0.25, -0.2) is 4.79 Å². The highest BCUT2D eigenvalue weighted by Crippen LogP contribution is 2.18. The second-order valence-electron chi connectivity index (χ2n) is 7.20. The van der Waals surface area contributed by atoms with E-state index in [0.29, 0.717) is 5.69 Å². The maximum absolute atomic E-state index is 12.6. The predicted octanol–water partition coefficient (Wildman–Crippen LogP) is 3.89. The van der Waals surface area contributed by atoms with Gasteiger partial charge in [-0.2, -0.15) is 0 Å². The molecule has 34 heavy (non-hydrogen) atoms. The number of carbonyl (C=O) groups is 4. The fraction of sp³-hybridized carbons (Fsp3) is 0.120. The van der Waals surface area contributed by atoms with Crippen molar-refractivity contribution >= 4 is 46.7 Å². The molecule has 174 valence electrons. The van der Waals surface area contributed by atoms with Crippen LogP contribution in [0.5, 0.6) is 0 Å². The van der Waals surface area contributed by atoms with E-state index in [0.717, 1.165) is 0 Å². The minimum Gasteiger partial charge on any atom is -0.454 e. The number of hydrogen-bond acceptors (Lipinski definition) is 5. The molecule has 0 aromatic heterocycles. The van der Waals surface area contributed by atoms with Gasteiger partial charge in [0.1, 0.15) is 6.04 Å². The van der Waals surface area contributed by atoms with Crippen LogP contribution >= 0.6 is 11.6 Å². The molecule has 0 aliphatic heterocycles. The number of anilines is 2. The van der Waals surface area contributed by atoms with Crippen LogP contribution in [0.4, 0.5) is 11.4 Å². The summed E-state index contributed by atoms with van der Waals surface area (Å²) in [5, 5.41) is 8.03. The first-order chi connectivity index (χ1) is 16.3. The van der Waals surface area contributed by atoms with Crippen molar-refractivity contribution in [3.63, 3.8) is 0 Å². The van der Waals surface area contributed by atoms with E-state index in [4.69, 9.17) is 16.3 Å². The molecule has 0 unspecified atom stereocenters. The number of benzene rings is 3. The molecule has 3 rings (SSSR count). The molecule has 0 heterocycles. The van der Waals surface area contributed by atoms with Crippen LogP contribution in [0.15, 0.2) is 78.9 Å². The van der Waals surface area contributed by atoms with E-state index in [1.165, 1.54) is 13.0 Å². The maximum atomic E-state index is 12.6. The number of hydrogen-bond donors (Lipinski definition) is 3. The van der Waals surface area contributed by atoms with Gasteiger partial charge in [0, 0.05) is 5.69 Å². The van der Waals surface area contributed by atoms with Crippen molar-refractivity contribution in [1.82, 2.24) is 5.32 Å². The Labute approximate surface area is 201 Å². The van der Waals surface area contributed by atoms with Gasteiger partial charge in [0.2, 0.25) is 0 Å². The summed E-state index contributed by atoms with van der Waals surface area (Å²) >= 11 is 5.98. The lowest BCUT2D eigenvalue weighted by Crippen LogP contribution is -2.40. The Morgan fingerprint density at radius 3 is 2.12 bits per heavy atom. The monoisotopic (exact) mass is 479 g/mol. The van der Waals surface area contributed by atoms with Gasteiger partial charge in [0.25, 0.3) is 17.7 Å². The lowest BCUT2D eigenvalue weighted by atomic mass is 10.1. The Hall–Kier alpha value is -4.17. The fourth-order valence-electron chi connectivity index (χ4n) is 2.94. The molecule has 1 atom stereocenters. The highest BCUT2D eigenvalue weighted by atomic mass is 35.5. The van der Waals surface area contributed by atoms with Crippen molar-refractivity contribution < 1.29 is 23.9 Å². The van der Waals surface area contributed by atoms with Crippen molar-refractivity contribution in [2.24, 2.45) is 0 Å². The Bertz CT molecular complexity index is 1200. The van der Waals surface area contributed by atoms with Gasteiger partial charge in [-0.05, 0) is 43.3 Å². The molecule has 0 saturated carbocycles. The molecule has 3 amide bonds. The molecule has 0 radical (unpaired) electrons. The molecular formula is C25H22ClN3O5. The Kier molecular flexibility index (Phi) is 8.37. The summed E-state index contributed by atoms with van der Waals surface area (Å²) in [6.07, 6.45) is 0. The first kappa shape index (κ1) is 24.5. The molecular weight excluding hydrogens is 458 g/mol. The number of amides is 3. The zero-order valence-electron chi connectivity index (χ0n) is 18.2. The topological polar surface area (TPSA) is 114 Å². The third-order valence-corrected chi connectivity index (χ3v) is 4.97. The van der Waals surface area contributed by atoms with Crippen LogP contribution in [0.3, 0.4) is 0 Å². The van der Waals surface area contributed by atoms with Gasteiger partial charge in [0.15, 0.2) is 6.61 Å². The van der Waals surface area contributed by atoms with E-state index < -0.39 is 36.3 Å². The second kappa shape index (κ2) is 11.6. The third-order valence-electron chi connectivity index (χ3n) is 4.64. The molecule has 8 nitrogen and oxygen atoms in total. The van der Waals surface area contributed by atoms with E-state index in [1.54, 1.807) is 66.7 Å². The smallest absolute Gasteiger partial charge is 0.328 e. The van der Waals surface area contributed by atoms with E-state index in [1.807, 2.05) is 6.07 Å². The van der Waals surface area contributed by atoms with Crippen molar-refractivity contribution in [2.75, 3.05) is 17.2 Å². The minimum absolute atomic E-state index is 0.215. The highest BCUT2D eigenvalue weighted by Gasteiger charge is 2.21. The van der Waals surface area contributed by atoms with Crippen LogP contribution in [-0.2, 0) is 14.3 Å². The number of carbonyl (C=O) groups excluding carboxylic acids is 4. The Morgan fingerprint density at radius 2 is 1.41 bits per heavy atom. The maximum Gasteiger partial charge on any atom is 0.328 e. The molecule has 0 saturated heterocycles. The summed E-state index contributed by atoms with van der Waals surface area (Å²) in [7, 11) is 0. The molecule has 0 bridgehead atoms. The fourth-order valence-corrected chi connectivity index (χ4v) is 3.16. The molecule has 3 aromatic carbocycles. The highest BCUT2D eigenvalue weighted by molar-refractivity contribution is 6.33. The minimum atomic E-state index is -1.01. The van der Waals surface area contributed by atoms with Gasteiger partial charge in [0.05, 0.1) is 21.8 Å². The number of halogens is 1. The first-order valence-electron chi connectivity index (χ1n) is 10.3. The number of para-hydroxylation sites is 2. The summed E-state index contributed by atoms with van der Waals surface area (Å²) in [5.41, 5.74) is 1.32. The number of ether oxygens (including phenoxy) is 1. The largest absolute Gasteiger partial charge is 0.454 e. The van der Waals surface area contributed by atoms with E-state index >= 15 is 0 Å². The van der Waals surface area contributed by atoms with Gasteiger partial charge < -0.3 is 20.7 Å². The molecule has 9 heteroatoms. The lowest BCUT2D eigenvalue weighted by Gasteiger charge is -2.15. The van der Waals surface area contributed by atoms with E-state index in [9.17, 15) is 19.2 Å². The molecule has 0 aliphatic carbocycles. The zero-order valence-corrected chi connectivity index (χ0v) is 19.0. The van der Waals surface area contributed by atoms with Gasteiger partial charge in [-0.15, -0.1) is 0 Å². The summed E-state index contributed by atoms with van der Waals surface area (Å²) in [6, 6.07) is 20.7. The summed E-state index contributed by atoms with van der Waals surface area (Å²) < 4.78 is 5.00. The number of esters is 1. The quantitative estimate of drug-likeness (QED) is 0.424. The molecule has 3 N–H and O–H groups in total. The third kappa shape index (κ3) is 6.66. The van der Waals surface area contributed by atoms with Crippen LogP contribution in [0.2, 0.25) is 5.02 Å². The number of rotatable bonds is 8. The summed E-state index contributed by atoms with van der Waals surface area (Å²) in [5.74, 6) is -2.39. The van der Waals surface area contributed by atoms with Crippen LogP contribution in [0.1, 0.15) is 27.6 Å². The van der Waals surface area contributed by atoms with Crippen LogP contribution in [0, 0.1) is 0 Å². The van der Waals surface area contributed by atoms with Crippen molar-refractivity contribution in [2.45, 2.75) is 13.0 Å². The normalized spacial score (nSPS) is 11.1.